The second-order valence-electron chi connectivity index (χ2n) is 4.03. The number of hydrogen-bond donors (Lipinski definition) is 1. The van der Waals surface area contributed by atoms with Gasteiger partial charge >= 0.3 is 11.7 Å². The van der Waals surface area contributed by atoms with Gasteiger partial charge in [-0.05, 0) is 30.7 Å². The van der Waals surface area contributed by atoms with Gasteiger partial charge in [0.2, 0.25) is 0 Å². The fourth-order valence-electron chi connectivity index (χ4n) is 1.55. The fraction of sp³-hybridized carbons (Fsp3) is 0.0769. The Bertz CT molecular complexity index is 688. The zero-order chi connectivity index (χ0) is 14.7. The number of aromatic carboxylic acids is 1. The van der Waals surface area contributed by atoms with Crippen molar-refractivity contribution < 1.29 is 14.8 Å². The molecule has 0 saturated carbocycles. The first-order chi connectivity index (χ1) is 9.47. The first-order valence-corrected chi connectivity index (χ1v) is 6.41. The molecule has 0 spiro atoms. The molecule has 0 aliphatic heterocycles. The molecule has 20 heavy (non-hydrogen) atoms. The highest BCUT2D eigenvalue weighted by Crippen LogP contribution is 2.33. The Labute approximate surface area is 118 Å². The number of hydrogen-bond acceptors (Lipinski definition) is 5. The van der Waals surface area contributed by atoms with Crippen molar-refractivity contribution in [1.82, 2.24) is 4.98 Å². The molecule has 7 heteroatoms. The Hall–Kier alpha value is -2.41. The van der Waals surface area contributed by atoms with Gasteiger partial charge in [-0.1, -0.05) is 17.8 Å². The number of carboxylic acid groups (broad SMARTS) is 1. The average Bonchev–Trinajstić information content (AvgIpc) is 2.41. The van der Waals surface area contributed by atoms with Crippen LogP contribution in [0.3, 0.4) is 0 Å². The van der Waals surface area contributed by atoms with E-state index in [-0.39, 0.29) is 16.3 Å². The summed E-state index contributed by atoms with van der Waals surface area (Å²) in [4.78, 5) is 26.0. The Morgan fingerprint density at radius 3 is 2.80 bits per heavy atom. The maximum atomic E-state index is 11.0. The molecular weight excluding hydrogens is 280 g/mol. The molecular formula is C13H10N2O4S. The molecule has 0 atom stereocenters. The fourth-order valence-corrected chi connectivity index (χ4v) is 2.45. The van der Waals surface area contributed by atoms with Crippen molar-refractivity contribution in [2.24, 2.45) is 0 Å². The van der Waals surface area contributed by atoms with Crippen LogP contribution in [0, 0.1) is 17.0 Å². The molecule has 0 amide bonds. The molecule has 2 aromatic rings. The Morgan fingerprint density at radius 1 is 1.40 bits per heavy atom. The van der Waals surface area contributed by atoms with Gasteiger partial charge in [-0.25, -0.2) is 9.78 Å². The number of aromatic nitrogens is 1. The highest BCUT2D eigenvalue weighted by atomic mass is 32.2. The highest BCUT2D eigenvalue weighted by molar-refractivity contribution is 7.99. The maximum absolute atomic E-state index is 11.0. The minimum absolute atomic E-state index is 0.0873. The van der Waals surface area contributed by atoms with E-state index in [2.05, 4.69) is 4.98 Å². The van der Waals surface area contributed by atoms with Crippen molar-refractivity contribution in [2.45, 2.75) is 16.8 Å². The summed E-state index contributed by atoms with van der Waals surface area (Å²) in [5.74, 6) is -1.04. The Morgan fingerprint density at radius 2 is 2.15 bits per heavy atom. The molecule has 0 unspecified atom stereocenters. The lowest BCUT2D eigenvalue weighted by Crippen LogP contribution is -1.96. The van der Waals surface area contributed by atoms with Crippen molar-refractivity contribution in [3.8, 4) is 0 Å². The van der Waals surface area contributed by atoms with E-state index < -0.39 is 10.9 Å². The van der Waals surface area contributed by atoms with E-state index in [0.29, 0.717) is 10.5 Å². The Balaban J connectivity index is 2.37. The zero-order valence-electron chi connectivity index (χ0n) is 10.4. The second kappa shape index (κ2) is 5.70. The smallest absolute Gasteiger partial charge is 0.335 e. The van der Waals surface area contributed by atoms with E-state index in [9.17, 15) is 14.9 Å². The summed E-state index contributed by atoms with van der Waals surface area (Å²) < 4.78 is 0. The summed E-state index contributed by atoms with van der Waals surface area (Å²) in [5, 5.41) is 20.2. The van der Waals surface area contributed by atoms with Crippen LogP contribution in [-0.2, 0) is 0 Å². The largest absolute Gasteiger partial charge is 0.478 e. The monoisotopic (exact) mass is 290 g/mol. The molecule has 1 aromatic heterocycles. The third kappa shape index (κ3) is 3.12. The lowest BCUT2D eigenvalue weighted by Gasteiger charge is -2.04. The number of carbonyl (C=O) groups is 1. The molecule has 0 saturated heterocycles. The van der Waals surface area contributed by atoms with Crippen LogP contribution in [-0.4, -0.2) is 21.0 Å². The van der Waals surface area contributed by atoms with E-state index in [4.69, 9.17) is 5.11 Å². The summed E-state index contributed by atoms with van der Waals surface area (Å²) in [6.45, 7) is 1.72. The average molecular weight is 290 g/mol. The van der Waals surface area contributed by atoms with Crippen molar-refractivity contribution >= 4 is 23.4 Å². The van der Waals surface area contributed by atoms with Crippen LogP contribution in [0.2, 0.25) is 0 Å². The van der Waals surface area contributed by atoms with E-state index in [1.165, 1.54) is 24.4 Å². The molecule has 1 heterocycles. The van der Waals surface area contributed by atoms with Crippen LogP contribution in [0.5, 0.6) is 0 Å². The van der Waals surface area contributed by atoms with Crippen LogP contribution in [0.25, 0.3) is 0 Å². The molecule has 1 aromatic carbocycles. The van der Waals surface area contributed by atoms with Gasteiger partial charge in [0.25, 0.3) is 0 Å². The van der Waals surface area contributed by atoms with E-state index in [1.807, 2.05) is 0 Å². The number of benzene rings is 1. The molecule has 0 radical (unpaired) electrons. The highest BCUT2D eigenvalue weighted by Gasteiger charge is 2.17. The summed E-state index contributed by atoms with van der Waals surface area (Å²) in [5.41, 5.74) is 0.737. The van der Waals surface area contributed by atoms with Crippen LogP contribution in [0.4, 0.5) is 5.69 Å². The number of aryl methyl sites for hydroxylation is 1. The van der Waals surface area contributed by atoms with Crippen LogP contribution < -0.4 is 0 Å². The molecule has 2 rings (SSSR count). The lowest BCUT2D eigenvalue weighted by molar-refractivity contribution is -0.388. The minimum atomic E-state index is -1.04. The van der Waals surface area contributed by atoms with E-state index >= 15 is 0 Å². The molecule has 0 fully saturated rings. The molecule has 0 aliphatic carbocycles. The second-order valence-corrected chi connectivity index (χ2v) is 5.09. The first kappa shape index (κ1) is 14.0. The van der Waals surface area contributed by atoms with Gasteiger partial charge in [0.05, 0.1) is 10.5 Å². The van der Waals surface area contributed by atoms with Crippen molar-refractivity contribution in [3.05, 3.63) is 57.8 Å². The van der Waals surface area contributed by atoms with Crippen LogP contribution >= 0.6 is 11.8 Å². The van der Waals surface area contributed by atoms with Crippen molar-refractivity contribution in [1.29, 1.82) is 0 Å². The van der Waals surface area contributed by atoms with E-state index in [1.54, 1.807) is 19.1 Å². The normalized spacial score (nSPS) is 10.2. The third-order valence-corrected chi connectivity index (χ3v) is 3.46. The number of pyridine rings is 1. The summed E-state index contributed by atoms with van der Waals surface area (Å²) in [6, 6.07) is 7.63. The van der Waals surface area contributed by atoms with Gasteiger partial charge in [-0.2, -0.15) is 0 Å². The molecule has 0 bridgehead atoms. The molecule has 1 N–H and O–H groups in total. The minimum Gasteiger partial charge on any atom is -0.478 e. The topological polar surface area (TPSA) is 93.3 Å². The quantitative estimate of drug-likeness (QED) is 0.686. The van der Waals surface area contributed by atoms with Gasteiger partial charge in [-0.15, -0.1) is 0 Å². The van der Waals surface area contributed by atoms with Gasteiger partial charge < -0.3 is 5.11 Å². The number of nitro groups is 1. The van der Waals surface area contributed by atoms with Crippen LogP contribution in [0.1, 0.15) is 15.9 Å². The lowest BCUT2D eigenvalue weighted by atomic mass is 10.2. The maximum Gasteiger partial charge on any atom is 0.335 e. The number of carboxylic acids is 1. The summed E-state index contributed by atoms with van der Waals surface area (Å²) in [6.07, 6.45) is 1.54. The SMILES string of the molecule is Cc1cnc(Sc2cccc(C(=O)O)c2)c([N+](=O)[O-])c1. The predicted octanol–water partition coefficient (Wildman–Crippen LogP) is 3.15. The number of rotatable bonds is 4. The zero-order valence-corrected chi connectivity index (χ0v) is 11.3. The summed E-state index contributed by atoms with van der Waals surface area (Å²) in [7, 11) is 0. The molecule has 102 valence electrons. The van der Waals surface area contributed by atoms with E-state index in [0.717, 1.165) is 11.8 Å². The number of nitrogens with zero attached hydrogens (tertiary/aromatic N) is 2. The van der Waals surface area contributed by atoms with Gasteiger partial charge in [0.15, 0.2) is 5.03 Å². The molecule has 0 aliphatic rings. The van der Waals surface area contributed by atoms with Gasteiger partial charge in [0, 0.05) is 17.2 Å². The first-order valence-electron chi connectivity index (χ1n) is 5.59. The van der Waals surface area contributed by atoms with Crippen molar-refractivity contribution in [2.75, 3.05) is 0 Å². The third-order valence-electron chi connectivity index (χ3n) is 2.46. The standard InChI is InChI=1S/C13H10N2O4S/c1-8-5-11(15(18)19)12(14-7-8)20-10-4-2-3-9(6-10)13(16)17/h2-7H,1H3,(H,16,17). The predicted molar refractivity (Wildman–Crippen MR) is 73.2 cm³/mol. The molecule has 6 nitrogen and oxygen atoms in total. The summed E-state index contributed by atoms with van der Waals surface area (Å²) >= 11 is 1.07. The Kier molecular flexibility index (Phi) is 3.99. The van der Waals surface area contributed by atoms with Crippen molar-refractivity contribution in [3.63, 3.8) is 0 Å². The van der Waals surface area contributed by atoms with Crippen LogP contribution in [0.15, 0.2) is 46.5 Å². The van der Waals surface area contributed by atoms with Gasteiger partial charge in [-0.3, -0.25) is 10.1 Å². The van der Waals surface area contributed by atoms with Gasteiger partial charge in [0.1, 0.15) is 0 Å².